The van der Waals surface area contributed by atoms with Crippen molar-refractivity contribution in [3.63, 3.8) is 0 Å². The van der Waals surface area contributed by atoms with Crippen LogP contribution in [0.3, 0.4) is 0 Å². The summed E-state index contributed by atoms with van der Waals surface area (Å²) in [5.74, 6) is -0.540. The van der Waals surface area contributed by atoms with Crippen LogP contribution >= 0.6 is 0 Å². The number of rotatable bonds is 7. The van der Waals surface area contributed by atoms with Gasteiger partial charge in [0.2, 0.25) is 0 Å². The lowest BCUT2D eigenvalue weighted by molar-refractivity contribution is -0.119. The molecule has 1 amide bonds. The first kappa shape index (κ1) is 22.2. The number of amides is 1. The number of anilines is 1. The van der Waals surface area contributed by atoms with Gasteiger partial charge in [0.25, 0.3) is 15.9 Å². The molecule has 0 aromatic heterocycles. The summed E-state index contributed by atoms with van der Waals surface area (Å²) >= 11 is 0. The fraction of sp³-hybridized carbons (Fsp3) is 0.167. The van der Waals surface area contributed by atoms with Crippen LogP contribution in [0.2, 0.25) is 0 Å². The SMILES string of the molecule is Cc1ccc(/C=N/NC(=O)CN(c2ccccc2C)S(=O)(=O)c2ccc(C)cc2)cc1. The van der Waals surface area contributed by atoms with Crippen LogP contribution < -0.4 is 9.73 Å². The molecule has 0 bridgehead atoms. The van der Waals surface area contributed by atoms with Gasteiger partial charge in [-0.3, -0.25) is 9.10 Å². The first-order valence-electron chi connectivity index (χ1n) is 9.81. The maximum Gasteiger partial charge on any atom is 0.264 e. The third kappa shape index (κ3) is 5.58. The summed E-state index contributed by atoms with van der Waals surface area (Å²) in [4.78, 5) is 12.7. The summed E-state index contributed by atoms with van der Waals surface area (Å²) in [6, 6.07) is 21.3. The lowest BCUT2D eigenvalue weighted by atomic mass is 10.2. The molecule has 0 unspecified atom stereocenters. The van der Waals surface area contributed by atoms with Crippen molar-refractivity contribution < 1.29 is 13.2 Å². The Labute approximate surface area is 183 Å². The number of hydrazone groups is 1. The highest BCUT2D eigenvalue weighted by Crippen LogP contribution is 2.26. The molecule has 0 atom stereocenters. The molecule has 0 fully saturated rings. The second-order valence-corrected chi connectivity index (χ2v) is 9.18. The standard InChI is InChI=1S/C24H25N3O3S/c1-18-8-12-21(13-9-18)16-25-26-24(28)17-27(23-7-5-4-6-20(23)3)31(29,30)22-14-10-19(2)11-15-22/h4-16H,17H2,1-3H3,(H,26,28)/b25-16+. The van der Waals surface area contributed by atoms with Gasteiger partial charge < -0.3 is 0 Å². The number of nitrogens with one attached hydrogen (secondary N) is 1. The summed E-state index contributed by atoms with van der Waals surface area (Å²) in [5.41, 5.74) is 6.51. The number of carbonyl (C=O) groups is 1. The molecule has 7 heteroatoms. The molecule has 0 spiro atoms. The van der Waals surface area contributed by atoms with E-state index in [1.807, 2.05) is 44.2 Å². The minimum absolute atomic E-state index is 0.123. The van der Waals surface area contributed by atoms with E-state index in [2.05, 4.69) is 10.5 Å². The first-order valence-corrected chi connectivity index (χ1v) is 11.2. The van der Waals surface area contributed by atoms with Crippen molar-refractivity contribution in [3.05, 3.63) is 95.1 Å². The van der Waals surface area contributed by atoms with Gasteiger partial charge in [0.15, 0.2) is 0 Å². The van der Waals surface area contributed by atoms with E-state index in [4.69, 9.17) is 0 Å². The summed E-state index contributed by atoms with van der Waals surface area (Å²) in [6.07, 6.45) is 1.52. The predicted molar refractivity (Wildman–Crippen MR) is 124 cm³/mol. The van der Waals surface area contributed by atoms with Gasteiger partial charge in [0.05, 0.1) is 16.8 Å². The zero-order chi connectivity index (χ0) is 22.4. The molecular weight excluding hydrogens is 410 g/mol. The number of benzene rings is 3. The van der Waals surface area contributed by atoms with Crippen molar-refractivity contribution in [2.45, 2.75) is 25.7 Å². The molecular formula is C24H25N3O3S. The van der Waals surface area contributed by atoms with E-state index in [1.54, 1.807) is 49.4 Å². The van der Waals surface area contributed by atoms with Gasteiger partial charge in [0, 0.05) is 0 Å². The smallest absolute Gasteiger partial charge is 0.264 e. The van der Waals surface area contributed by atoms with Crippen LogP contribution in [0.1, 0.15) is 22.3 Å². The summed E-state index contributed by atoms with van der Waals surface area (Å²) < 4.78 is 27.8. The zero-order valence-corrected chi connectivity index (χ0v) is 18.6. The Morgan fingerprint density at radius 2 is 1.48 bits per heavy atom. The lowest BCUT2D eigenvalue weighted by Crippen LogP contribution is -2.40. The van der Waals surface area contributed by atoms with Crippen LogP contribution in [0.15, 0.2) is 82.8 Å². The Kier molecular flexibility index (Phi) is 6.87. The Bertz CT molecular complexity index is 1190. The van der Waals surface area contributed by atoms with E-state index in [0.29, 0.717) is 5.69 Å². The van der Waals surface area contributed by atoms with Crippen molar-refractivity contribution in [1.29, 1.82) is 0 Å². The number of hydrogen-bond donors (Lipinski definition) is 1. The highest BCUT2D eigenvalue weighted by atomic mass is 32.2. The largest absolute Gasteiger partial charge is 0.271 e. The highest BCUT2D eigenvalue weighted by Gasteiger charge is 2.28. The molecule has 3 aromatic rings. The molecule has 31 heavy (non-hydrogen) atoms. The monoisotopic (exact) mass is 435 g/mol. The van der Waals surface area contributed by atoms with Crippen molar-refractivity contribution in [2.24, 2.45) is 5.10 Å². The second kappa shape index (κ2) is 9.57. The highest BCUT2D eigenvalue weighted by molar-refractivity contribution is 7.92. The second-order valence-electron chi connectivity index (χ2n) is 7.32. The van der Waals surface area contributed by atoms with Gasteiger partial charge in [-0.25, -0.2) is 13.8 Å². The number of hydrogen-bond acceptors (Lipinski definition) is 4. The average molecular weight is 436 g/mol. The van der Waals surface area contributed by atoms with E-state index in [-0.39, 0.29) is 4.90 Å². The summed E-state index contributed by atoms with van der Waals surface area (Å²) in [6.45, 7) is 5.28. The number of nitrogens with zero attached hydrogens (tertiary/aromatic N) is 2. The topological polar surface area (TPSA) is 78.8 Å². The molecule has 6 nitrogen and oxygen atoms in total. The lowest BCUT2D eigenvalue weighted by Gasteiger charge is -2.25. The molecule has 0 radical (unpaired) electrons. The van der Waals surface area contributed by atoms with Crippen LogP contribution in [0.4, 0.5) is 5.69 Å². The maximum atomic E-state index is 13.4. The zero-order valence-electron chi connectivity index (χ0n) is 17.7. The van der Waals surface area contributed by atoms with Gasteiger partial charge in [-0.2, -0.15) is 5.10 Å². The number of aryl methyl sites for hydroxylation is 3. The van der Waals surface area contributed by atoms with E-state index in [9.17, 15) is 13.2 Å². The minimum atomic E-state index is -3.95. The van der Waals surface area contributed by atoms with Crippen molar-refractivity contribution in [1.82, 2.24) is 5.43 Å². The Morgan fingerprint density at radius 1 is 0.903 bits per heavy atom. The van der Waals surface area contributed by atoms with Crippen LogP contribution in [-0.4, -0.2) is 27.1 Å². The van der Waals surface area contributed by atoms with E-state index in [0.717, 1.165) is 26.6 Å². The van der Waals surface area contributed by atoms with Gasteiger partial charge in [-0.1, -0.05) is 65.7 Å². The molecule has 0 aliphatic carbocycles. The first-order chi connectivity index (χ1) is 14.8. The fourth-order valence-corrected chi connectivity index (χ4v) is 4.46. The third-order valence-electron chi connectivity index (χ3n) is 4.76. The van der Waals surface area contributed by atoms with Crippen molar-refractivity contribution >= 4 is 27.8 Å². The molecule has 1 N–H and O–H groups in total. The quantitative estimate of drug-likeness (QED) is 0.451. The normalized spacial score (nSPS) is 11.5. The molecule has 0 heterocycles. The molecule has 0 aliphatic heterocycles. The number of sulfonamides is 1. The molecule has 0 aliphatic rings. The molecule has 3 rings (SSSR count). The summed E-state index contributed by atoms with van der Waals surface area (Å²) in [5, 5.41) is 3.96. The Balaban J connectivity index is 1.85. The van der Waals surface area contributed by atoms with E-state index >= 15 is 0 Å². The van der Waals surface area contributed by atoms with E-state index in [1.165, 1.54) is 6.21 Å². The Morgan fingerprint density at radius 3 is 2.10 bits per heavy atom. The van der Waals surface area contributed by atoms with Gasteiger partial charge in [-0.15, -0.1) is 0 Å². The fourth-order valence-electron chi connectivity index (χ4n) is 2.98. The van der Waals surface area contributed by atoms with Gasteiger partial charge in [0.1, 0.15) is 6.54 Å². The molecule has 0 saturated carbocycles. The maximum absolute atomic E-state index is 13.4. The van der Waals surface area contributed by atoms with Crippen LogP contribution in [0.5, 0.6) is 0 Å². The Hall–Kier alpha value is -3.45. The average Bonchev–Trinajstić information content (AvgIpc) is 2.74. The van der Waals surface area contributed by atoms with Crippen LogP contribution in [0, 0.1) is 20.8 Å². The number of para-hydroxylation sites is 1. The molecule has 3 aromatic carbocycles. The van der Waals surface area contributed by atoms with Gasteiger partial charge >= 0.3 is 0 Å². The van der Waals surface area contributed by atoms with Crippen LogP contribution in [-0.2, 0) is 14.8 Å². The molecule has 0 saturated heterocycles. The molecule has 160 valence electrons. The minimum Gasteiger partial charge on any atom is -0.271 e. The predicted octanol–water partition coefficient (Wildman–Crippen LogP) is 3.96. The number of carbonyl (C=O) groups excluding carboxylic acids is 1. The van der Waals surface area contributed by atoms with Crippen LogP contribution in [0.25, 0.3) is 0 Å². The van der Waals surface area contributed by atoms with Gasteiger partial charge in [-0.05, 0) is 50.1 Å². The van der Waals surface area contributed by atoms with E-state index < -0.39 is 22.5 Å². The summed E-state index contributed by atoms with van der Waals surface area (Å²) in [7, 11) is -3.95. The van der Waals surface area contributed by atoms with Crippen molar-refractivity contribution in [3.8, 4) is 0 Å². The van der Waals surface area contributed by atoms with Crippen molar-refractivity contribution in [2.75, 3.05) is 10.8 Å². The third-order valence-corrected chi connectivity index (χ3v) is 6.53.